The van der Waals surface area contributed by atoms with Crippen molar-refractivity contribution in [3.8, 4) is 0 Å². The van der Waals surface area contributed by atoms with Crippen molar-refractivity contribution in [2.45, 2.75) is 20.5 Å². The Kier molecular flexibility index (Phi) is 4.42. The fourth-order valence-electron chi connectivity index (χ4n) is 1.12. The van der Waals surface area contributed by atoms with E-state index >= 15 is 0 Å². The van der Waals surface area contributed by atoms with Crippen LogP contribution in [0.25, 0.3) is 0 Å². The number of nitrogen functional groups attached to an aromatic ring is 1. The lowest BCUT2D eigenvalue weighted by Gasteiger charge is -2.10. The van der Waals surface area contributed by atoms with Gasteiger partial charge in [-0.25, -0.2) is 0 Å². The van der Waals surface area contributed by atoms with Gasteiger partial charge in [-0.2, -0.15) is 0 Å². The third kappa shape index (κ3) is 3.31. The number of hydrogen-bond donors (Lipinski definition) is 1. The van der Waals surface area contributed by atoms with Crippen molar-refractivity contribution in [2.75, 3.05) is 12.3 Å². The zero-order chi connectivity index (χ0) is 10.6. The van der Waals surface area contributed by atoms with E-state index in [1.54, 1.807) is 0 Å². The molecule has 0 radical (unpaired) electrons. The minimum absolute atomic E-state index is 0.554. The minimum Gasteiger partial charge on any atom is -0.398 e. The molecule has 14 heavy (non-hydrogen) atoms. The number of anilines is 1. The van der Waals surface area contributed by atoms with E-state index in [1.165, 1.54) is 0 Å². The van der Waals surface area contributed by atoms with Crippen molar-refractivity contribution < 1.29 is 4.74 Å². The fourth-order valence-corrected chi connectivity index (χ4v) is 1.62. The topological polar surface area (TPSA) is 35.2 Å². The number of hydrogen-bond acceptors (Lipinski definition) is 2. The van der Waals surface area contributed by atoms with Crippen LogP contribution in [0.1, 0.15) is 19.4 Å². The maximum Gasteiger partial charge on any atom is 0.0748 e. The summed E-state index contributed by atoms with van der Waals surface area (Å²) in [7, 11) is 0. The normalized spacial score (nSPS) is 10.9. The van der Waals surface area contributed by atoms with Gasteiger partial charge in [0.2, 0.25) is 0 Å². The van der Waals surface area contributed by atoms with Crippen LogP contribution in [0.5, 0.6) is 0 Å². The first-order valence-electron chi connectivity index (χ1n) is 4.72. The molecule has 1 rings (SSSR count). The summed E-state index contributed by atoms with van der Waals surface area (Å²) < 4.78 is 6.55. The Morgan fingerprint density at radius 3 is 2.71 bits per heavy atom. The van der Waals surface area contributed by atoms with Gasteiger partial charge in [-0.05, 0) is 18.1 Å². The summed E-state index contributed by atoms with van der Waals surface area (Å²) in [6, 6.07) is 5.79. The second-order valence-corrected chi connectivity index (χ2v) is 4.57. The van der Waals surface area contributed by atoms with E-state index in [1.807, 2.05) is 18.2 Å². The molecule has 78 valence electrons. The van der Waals surface area contributed by atoms with Crippen LogP contribution in [0.2, 0.25) is 0 Å². The van der Waals surface area contributed by atoms with E-state index in [-0.39, 0.29) is 0 Å². The van der Waals surface area contributed by atoms with Crippen LogP contribution in [0.3, 0.4) is 0 Å². The van der Waals surface area contributed by atoms with Gasteiger partial charge in [0.05, 0.1) is 6.61 Å². The minimum atomic E-state index is 0.554. The highest BCUT2D eigenvalue weighted by Crippen LogP contribution is 2.23. The number of ether oxygens (including phenoxy) is 1. The van der Waals surface area contributed by atoms with Gasteiger partial charge in [-0.3, -0.25) is 0 Å². The monoisotopic (exact) mass is 257 g/mol. The average Bonchev–Trinajstić information content (AvgIpc) is 2.09. The number of nitrogens with two attached hydrogens (primary N) is 1. The summed E-state index contributed by atoms with van der Waals surface area (Å²) >= 11 is 3.45. The van der Waals surface area contributed by atoms with Crippen LogP contribution in [-0.4, -0.2) is 6.61 Å². The molecule has 0 saturated carbocycles. The highest BCUT2D eigenvalue weighted by atomic mass is 79.9. The molecule has 0 fully saturated rings. The van der Waals surface area contributed by atoms with Gasteiger partial charge in [-0.15, -0.1) is 0 Å². The van der Waals surface area contributed by atoms with Gasteiger partial charge in [-0.1, -0.05) is 35.8 Å². The maximum atomic E-state index is 5.83. The lowest BCUT2D eigenvalue weighted by molar-refractivity contribution is 0.0971. The molecular weight excluding hydrogens is 242 g/mol. The molecule has 0 unspecified atom stereocenters. The molecule has 0 aliphatic rings. The predicted molar refractivity (Wildman–Crippen MR) is 63.0 cm³/mol. The standard InChI is InChI=1S/C11H16BrNO/c1-8(2)6-14-7-9-10(12)4-3-5-11(9)13/h3-5,8H,6-7,13H2,1-2H3. The Labute approximate surface area is 93.6 Å². The second-order valence-electron chi connectivity index (χ2n) is 3.72. The van der Waals surface area contributed by atoms with Gasteiger partial charge in [0, 0.05) is 22.3 Å². The molecule has 0 aliphatic heterocycles. The van der Waals surface area contributed by atoms with E-state index < -0.39 is 0 Å². The Hall–Kier alpha value is -0.540. The smallest absolute Gasteiger partial charge is 0.0748 e. The molecule has 2 N–H and O–H groups in total. The van der Waals surface area contributed by atoms with E-state index in [4.69, 9.17) is 10.5 Å². The summed E-state index contributed by atoms with van der Waals surface area (Å²) in [5, 5.41) is 0. The maximum absolute atomic E-state index is 5.83. The van der Waals surface area contributed by atoms with Crippen LogP contribution in [0.4, 0.5) is 5.69 Å². The zero-order valence-electron chi connectivity index (χ0n) is 8.59. The molecule has 0 spiro atoms. The van der Waals surface area contributed by atoms with Crippen molar-refractivity contribution in [2.24, 2.45) is 5.92 Å². The molecular formula is C11H16BrNO. The van der Waals surface area contributed by atoms with Gasteiger partial charge in [0.25, 0.3) is 0 Å². The number of benzene rings is 1. The highest BCUT2D eigenvalue weighted by Gasteiger charge is 2.04. The molecule has 2 nitrogen and oxygen atoms in total. The Balaban J connectivity index is 2.58. The van der Waals surface area contributed by atoms with Crippen molar-refractivity contribution in [3.05, 3.63) is 28.2 Å². The Bertz CT molecular complexity index is 279. The first-order chi connectivity index (χ1) is 6.61. The fraction of sp³-hybridized carbons (Fsp3) is 0.455. The summed E-state index contributed by atoms with van der Waals surface area (Å²) in [5.74, 6) is 0.554. The van der Waals surface area contributed by atoms with Crippen LogP contribution in [0.15, 0.2) is 22.7 Å². The van der Waals surface area contributed by atoms with Crippen LogP contribution >= 0.6 is 15.9 Å². The largest absolute Gasteiger partial charge is 0.398 e. The SMILES string of the molecule is CC(C)COCc1c(N)cccc1Br. The molecule has 0 heterocycles. The first-order valence-corrected chi connectivity index (χ1v) is 5.51. The van der Waals surface area contributed by atoms with Crippen molar-refractivity contribution >= 4 is 21.6 Å². The van der Waals surface area contributed by atoms with Crippen molar-refractivity contribution in [3.63, 3.8) is 0 Å². The van der Waals surface area contributed by atoms with Crippen molar-refractivity contribution in [1.29, 1.82) is 0 Å². The number of halogens is 1. The molecule has 0 saturated heterocycles. The third-order valence-corrected chi connectivity index (χ3v) is 2.60. The quantitative estimate of drug-likeness (QED) is 0.841. The van der Waals surface area contributed by atoms with Gasteiger partial charge >= 0.3 is 0 Å². The second kappa shape index (κ2) is 5.37. The lowest BCUT2D eigenvalue weighted by Crippen LogP contribution is -2.04. The van der Waals surface area contributed by atoms with Crippen LogP contribution in [-0.2, 0) is 11.3 Å². The molecule has 0 bridgehead atoms. The van der Waals surface area contributed by atoms with E-state index in [2.05, 4.69) is 29.8 Å². The summed E-state index contributed by atoms with van der Waals surface area (Å²) in [4.78, 5) is 0. The molecule has 1 aromatic rings. The molecule has 0 atom stereocenters. The Morgan fingerprint density at radius 1 is 1.43 bits per heavy atom. The molecule has 3 heteroatoms. The first kappa shape index (κ1) is 11.5. The summed E-state index contributed by atoms with van der Waals surface area (Å²) in [6.07, 6.45) is 0. The molecule has 0 aliphatic carbocycles. The zero-order valence-corrected chi connectivity index (χ0v) is 10.2. The lowest BCUT2D eigenvalue weighted by atomic mass is 10.2. The van der Waals surface area contributed by atoms with Crippen LogP contribution in [0, 0.1) is 5.92 Å². The van der Waals surface area contributed by atoms with E-state index in [9.17, 15) is 0 Å². The highest BCUT2D eigenvalue weighted by molar-refractivity contribution is 9.10. The molecule has 0 aromatic heterocycles. The number of rotatable bonds is 4. The Morgan fingerprint density at radius 2 is 2.14 bits per heavy atom. The molecule has 1 aromatic carbocycles. The van der Waals surface area contributed by atoms with Gasteiger partial charge in [0.15, 0.2) is 0 Å². The summed E-state index contributed by atoms with van der Waals surface area (Å²) in [6.45, 7) is 5.60. The molecule has 0 amide bonds. The third-order valence-electron chi connectivity index (χ3n) is 1.85. The predicted octanol–water partition coefficient (Wildman–Crippen LogP) is 3.20. The average molecular weight is 258 g/mol. The van der Waals surface area contributed by atoms with Gasteiger partial charge < -0.3 is 10.5 Å². The summed E-state index contributed by atoms with van der Waals surface area (Å²) in [5.41, 5.74) is 7.64. The van der Waals surface area contributed by atoms with E-state index in [0.717, 1.165) is 22.3 Å². The van der Waals surface area contributed by atoms with E-state index in [0.29, 0.717) is 12.5 Å². The van der Waals surface area contributed by atoms with Crippen molar-refractivity contribution in [1.82, 2.24) is 0 Å². The van der Waals surface area contributed by atoms with Crippen LogP contribution < -0.4 is 5.73 Å². The van der Waals surface area contributed by atoms with Gasteiger partial charge in [0.1, 0.15) is 0 Å².